The molecule has 0 aromatic heterocycles. The summed E-state index contributed by atoms with van der Waals surface area (Å²) < 4.78 is 6.51. The highest BCUT2D eigenvalue weighted by Crippen LogP contribution is 2.25. The summed E-state index contributed by atoms with van der Waals surface area (Å²) in [6.07, 6.45) is 2.60. The fourth-order valence-corrected chi connectivity index (χ4v) is 1.63. The predicted octanol–water partition coefficient (Wildman–Crippen LogP) is 3.03. The minimum Gasteiger partial charge on any atom is -0.465 e. The quantitative estimate of drug-likeness (QED) is 0.477. The number of rotatable bonds is 4. The number of esters is 1. The topological polar surface area (TPSA) is 46.6 Å². The standard InChI is InChI=1S/C11H13NO3S.C2H6/c1-12(16-3)10-5-4-8(7-13)6-9(10)11(14)15-2;1-2/h4-7H,1-3H3;1-2H3. The summed E-state index contributed by atoms with van der Waals surface area (Å²) >= 11 is 1.47. The third kappa shape index (κ3) is 4.07. The van der Waals surface area contributed by atoms with Crippen molar-refractivity contribution < 1.29 is 14.3 Å². The molecule has 0 aliphatic carbocycles. The van der Waals surface area contributed by atoms with Crippen LogP contribution in [0.5, 0.6) is 0 Å². The fourth-order valence-electron chi connectivity index (χ4n) is 1.27. The van der Waals surface area contributed by atoms with Gasteiger partial charge in [-0.1, -0.05) is 25.8 Å². The van der Waals surface area contributed by atoms with Gasteiger partial charge >= 0.3 is 5.97 Å². The van der Waals surface area contributed by atoms with Crippen LogP contribution < -0.4 is 4.31 Å². The number of methoxy groups -OCH3 is 1. The van der Waals surface area contributed by atoms with E-state index in [4.69, 9.17) is 0 Å². The summed E-state index contributed by atoms with van der Waals surface area (Å²) in [6.45, 7) is 4.00. The number of nitrogens with zero attached hydrogens (tertiary/aromatic N) is 1. The molecule has 0 fully saturated rings. The van der Waals surface area contributed by atoms with Crippen LogP contribution >= 0.6 is 11.9 Å². The van der Waals surface area contributed by atoms with Gasteiger partial charge in [0.2, 0.25) is 0 Å². The number of anilines is 1. The smallest absolute Gasteiger partial charge is 0.340 e. The van der Waals surface area contributed by atoms with Gasteiger partial charge in [-0.2, -0.15) is 0 Å². The SMILES string of the molecule is CC.COC(=O)c1cc(C=O)ccc1N(C)SC. The van der Waals surface area contributed by atoms with Crippen molar-refractivity contribution in [2.24, 2.45) is 0 Å². The van der Waals surface area contributed by atoms with Crippen molar-refractivity contribution in [3.8, 4) is 0 Å². The summed E-state index contributed by atoms with van der Waals surface area (Å²) in [5.74, 6) is -0.445. The average molecular weight is 269 g/mol. The van der Waals surface area contributed by atoms with Crippen molar-refractivity contribution in [3.05, 3.63) is 29.3 Å². The molecule has 1 aromatic carbocycles. The summed E-state index contributed by atoms with van der Waals surface area (Å²) in [4.78, 5) is 22.2. The predicted molar refractivity (Wildman–Crippen MR) is 76.4 cm³/mol. The maximum absolute atomic E-state index is 11.5. The zero-order chi connectivity index (χ0) is 14.1. The third-order valence-corrected chi connectivity index (χ3v) is 2.92. The van der Waals surface area contributed by atoms with Crippen molar-refractivity contribution in [1.82, 2.24) is 0 Å². The van der Waals surface area contributed by atoms with Crippen LogP contribution in [0.4, 0.5) is 5.69 Å². The number of benzene rings is 1. The van der Waals surface area contributed by atoms with Gasteiger partial charge in [-0.05, 0) is 18.2 Å². The van der Waals surface area contributed by atoms with Gasteiger partial charge in [0.15, 0.2) is 0 Å². The number of hydrogen-bond acceptors (Lipinski definition) is 5. The number of ether oxygens (including phenoxy) is 1. The third-order valence-electron chi connectivity index (χ3n) is 2.18. The maximum atomic E-state index is 11.5. The number of carbonyl (C=O) groups excluding carboxylic acids is 2. The lowest BCUT2D eigenvalue weighted by Gasteiger charge is -2.18. The summed E-state index contributed by atoms with van der Waals surface area (Å²) in [5, 5.41) is 0. The Bertz CT molecular complexity index is 407. The van der Waals surface area contributed by atoms with Crippen LogP contribution in [0.25, 0.3) is 0 Å². The van der Waals surface area contributed by atoms with E-state index in [2.05, 4.69) is 4.74 Å². The molecule has 0 unspecified atom stereocenters. The molecule has 100 valence electrons. The summed E-state index contributed by atoms with van der Waals surface area (Å²) in [5.41, 5.74) is 1.58. The van der Waals surface area contributed by atoms with Gasteiger partial charge in [0.1, 0.15) is 6.29 Å². The van der Waals surface area contributed by atoms with Crippen LogP contribution in [0.2, 0.25) is 0 Å². The molecule has 0 bridgehead atoms. The van der Waals surface area contributed by atoms with E-state index in [0.717, 1.165) is 5.69 Å². The van der Waals surface area contributed by atoms with Crippen molar-refractivity contribution >= 4 is 29.9 Å². The molecule has 1 rings (SSSR count). The second kappa shape index (κ2) is 8.58. The van der Waals surface area contributed by atoms with Gasteiger partial charge in [-0.3, -0.25) is 4.79 Å². The Balaban J connectivity index is 0.00000137. The van der Waals surface area contributed by atoms with Crippen LogP contribution in [0.15, 0.2) is 18.2 Å². The van der Waals surface area contributed by atoms with E-state index >= 15 is 0 Å². The normalized spacial score (nSPS) is 8.94. The molecular formula is C13H19NO3S. The van der Waals surface area contributed by atoms with Crippen molar-refractivity contribution in [2.45, 2.75) is 13.8 Å². The highest BCUT2D eigenvalue weighted by atomic mass is 32.2. The molecule has 0 N–H and O–H groups in total. The molecule has 1 aromatic rings. The maximum Gasteiger partial charge on any atom is 0.340 e. The van der Waals surface area contributed by atoms with E-state index < -0.39 is 5.97 Å². The van der Waals surface area contributed by atoms with Gasteiger partial charge in [-0.25, -0.2) is 4.79 Å². The molecule has 18 heavy (non-hydrogen) atoms. The van der Waals surface area contributed by atoms with Crippen LogP contribution in [0, 0.1) is 0 Å². The van der Waals surface area contributed by atoms with Crippen LogP contribution in [0.3, 0.4) is 0 Å². The van der Waals surface area contributed by atoms with E-state index in [0.29, 0.717) is 17.4 Å². The first-order chi connectivity index (χ1) is 8.63. The number of carbonyl (C=O) groups is 2. The first-order valence-corrected chi connectivity index (χ1v) is 6.77. The van der Waals surface area contributed by atoms with E-state index in [1.54, 1.807) is 12.1 Å². The lowest BCUT2D eigenvalue weighted by Crippen LogP contribution is -2.12. The van der Waals surface area contributed by atoms with Gasteiger partial charge < -0.3 is 9.04 Å². The Kier molecular flexibility index (Phi) is 7.87. The second-order valence-electron chi connectivity index (χ2n) is 3.07. The molecule has 0 spiro atoms. The number of hydrogen-bond donors (Lipinski definition) is 0. The average Bonchev–Trinajstić information content (AvgIpc) is 2.46. The molecule has 0 heterocycles. The Morgan fingerprint density at radius 3 is 2.44 bits per heavy atom. The van der Waals surface area contributed by atoms with Crippen LogP contribution in [-0.2, 0) is 4.74 Å². The Morgan fingerprint density at radius 1 is 1.39 bits per heavy atom. The minimum atomic E-state index is -0.445. The Labute approximate surface area is 112 Å². The number of aldehydes is 1. The van der Waals surface area contributed by atoms with Gasteiger partial charge in [0.05, 0.1) is 18.4 Å². The lowest BCUT2D eigenvalue weighted by atomic mass is 10.1. The van der Waals surface area contributed by atoms with Crippen molar-refractivity contribution in [3.63, 3.8) is 0 Å². The highest BCUT2D eigenvalue weighted by molar-refractivity contribution is 7.99. The van der Waals surface area contributed by atoms with Crippen LogP contribution in [0.1, 0.15) is 34.6 Å². The zero-order valence-corrected chi connectivity index (χ0v) is 12.2. The molecule has 0 aliphatic rings. The van der Waals surface area contributed by atoms with Crippen molar-refractivity contribution in [2.75, 3.05) is 24.7 Å². The van der Waals surface area contributed by atoms with Gasteiger partial charge in [0, 0.05) is 18.9 Å². The Hall–Kier alpha value is -1.49. The molecule has 5 heteroatoms. The largest absolute Gasteiger partial charge is 0.465 e. The van der Waals surface area contributed by atoms with E-state index in [1.807, 2.05) is 31.5 Å². The molecule has 4 nitrogen and oxygen atoms in total. The first-order valence-electron chi connectivity index (χ1n) is 5.59. The zero-order valence-electron chi connectivity index (χ0n) is 11.4. The van der Waals surface area contributed by atoms with Gasteiger partial charge in [0.25, 0.3) is 0 Å². The van der Waals surface area contributed by atoms with Crippen molar-refractivity contribution in [1.29, 1.82) is 0 Å². The second-order valence-corrected chi connectivity index (χ2v) is 3.98. The molecule has 0 saturated heterocycles. The van der Waals surface area contributed by atoms with Gasteiger partial charge in [-0.15, -0.1) is 0 Å². The van der Waals surface area contributed by atoms with E-state index in [9.17, 15) is 9.59 Å². The molecule has 0 aliphatic heterocycles. The monoisotopic (exact) mass is 269 g/mol. The highest BCUT2D eigenvalue weighted by Gasteiger charge is 2.15. The molecule has 0 atom stereocenters. The molecule has 0 radical (unpaired) electrons. The Morgan fingerprint density at radius 2 is 2.00 bits per heavy atom. The minimum absolute atomic E-state index is 0.393. The molecular weight excluding hydrogens is 250 g/mol. The lowest BCUT2D eigenvalue weighted by molar-refractivity contribution is 0.0601. The van der Waals surface area contributed by atoms with E-state index in [-0.39, 0.29) is 0 Å². The summed E-state index contributed by atoms with van der Waals surface area (Å²) in [7, 11) is 3.16. The van der Waals surface area contributed by atoms with E-state index in [1.165, 1.54) is 25.1 Å². The summed E-state index contributed by atoms with van der Waals surface area (Å²) in [6, 6.07) is 4.93. The molecule has 0 saturated carbocycles. The molecule has 0 amide bonds. The van der Waals surface area contributed by atoms with Crippen LogP contribution in [-0.4, -0.2) is 32.7 Å². The fraction of sp³-hybridized carbons (Fsp3) is 0.385. The first kappa shape index (κ1) is 16.5.